The lowest BCUT2D eigenvalue weighted by atomic mass is 9.96. The van der Waals surface area contributed by atoms with Gasteiger partial charge in [-0.15, -0.1) is 0 Å². The van der Waals surface area contributed by atoms with Gasteiger partial charge in [-0.05, 0) is 33.6 Å². The van der Waals surface area contributed by atoms with E-state index in [1.54, 1.807) is 7.11 Å². The van der Waals surface area contributed by atoms with Gasteiger partial charge in [-0.2, -0.15) is 4.98 Å². The Morgan fingerprint density at radius 1 is 1.36 bits per heavy atom. The molecule has 7 heteroatoms. The van der Waals surface area contributed by atoms with Gasteiger partial charge in [-0.25, -0.2) is 4.98 Å². The average molecular weight is 346 g/mol. The van der Waals surface area contributed by atoms with Crippen LogP contribution in [0.2, 0.25) is 0 Å². The molecule has 0 aliphatic carbocycles. The number of piperidine rings is 1. The van der Waals surface area contributed by atoms with Gasteiger partial charge in [0.15, 0.2) is 0 Å². The van der Waals surface area contributed by atoms with Crippen LogP contribution in [0.4, 0.5) is 5.82 Å². The predicted molar refractivity (Wildman–Crippen MR) is 95.8 cm³/mol. The molecule has 1 atom stereocenters. The highest BCUT2D eigenvalue weighted by atomic mass is 16.5. The molecule has 0 aromatic carbocycles. The molecule has 0 unspecified atom stereocenters. The van der Waals surface area contributed by atoms with Crippen LogP contribution in [0.1, 0.15) is 30.0 Å². The third-order valence-corrected chi connectivity index (χ3v) is 4.82. The Hall–Kier alpha value is -2.15. The third kappa shape index (κ3) is 3.61. The monoisotopic (exact) mass is 346 g/mol. The summed E-state index contributed by atoms with van der Waals surface area (Å²) in [5.74, 6) is 2.48. The number of aromatic nitrogens is 2. The molecule has 2 aromatic heterocycles. The summed E-state index contributed by atoms with van der Waals surface area (Å²) in [5, 5.41) is 3.91. The Morgan fingerprint density at radius 3 is 2.92 bits per heavy atom. The summed E-state index contributed by atoms with van der Waals surface area (Å²) in [7, 11) is 1.63. The van der Waals surface area contributed by atoms with Crippen molar-refractivity contribution in [1.29, 1.82) is 0 Å². The number of hydrogen-bond acceptors (Lipinski definition) is 6. The number of aryl methyl sites for hydroxylation is 3. The number of rotatable bonds is 5. The average Bonchev–Trinajstić information content (AvgIpc) is 2.88. The van der Waals surface area contributed by atoms with Gasteiger partial charge < -0.3 is 19.4 Å². The molecule has 1 aliphatic rings. The summed E-state index contributed by atoms with van der Waals surface area (Å²) < 4.78 is 10.8. The highest BCUT2D eigenvalue weighted by molar-refractivity contribution is 5.90. The van der Waals surface area contributed by atoms with Crippen LogP contribution in [0, 0.1) is 26.7 Å². The third-order valence-electron chi connectivity index (χ3n) is 4.82. The van der Waals surface area contributed by atoms with Crippen molar-refractivity contribution in [1.82, 2.24) is 15.3 Å². The van der Waals surface area contributed by atoms with Crippen molar-refractivity contribution < 1.29 is 13.9 Å². The highest BCUT2D eigenvalue weighted by Crippen LogP contribution is 2.33. The van der Waals surface area contributed by atoms with Gasteiger partial charge >= 0.3 is 0 Å². The van der Waals surface area contributed by atoms with Crippen molar-refractivity contribution in [3.05, 3.63) is 17.1 Å². The van der Waals surface area contributed by atoms with Gasteiger partial charge in [-0.1, -0.05) is 0 Å². The molecule has 25 heavy (non-hydrogen) atoms. The molecule has 7 nitrogen and oxygen atoms in total. The second-order valence-electron chi connectivity index (χ2n) is 6.63. The van der Waals surface area contributed by atoms with Crippen LogP contribution in [-0.4, -0.2) is 49.2 Å². The van der Waals surface area contributed by atoms with Crippen molar-refractivity contribution in [2.45, 2.75) is 33.6 Å². The van der Waals surface area contributed by atoms with Crippen molar-refractivity contribution in [3.63, 3.8) is 0 Å². The van der Waals surface area contributed by atoms with Gasteiger partial charge in [0.2, 0.25) is 11.6 Å². The van der Waals surface area contributed by atoms with Crippen molar-refractivity contribution >= 4 is 22.8 Å². The number of ether oxygens (including phenoxy) is 1. The zero-order valence-electron chi connectivity index (χ0n) is 15.4. The minimum absolute atomic E-state index is 0.0377. The Bertz CT molecular complexity index is 771. The lowest BCUT2D eigenvalue weighted by molar-refractivity contribution is -0.125. The van der Waals surface area contributed by atoms with Gasteiger partial charge in [0.1, 0.15) is 17.4 Å². The normalized spacial score (nSPS) is 17.9. The number of carbonyl (C=O) groups is 1. The fourth-order valence-corrected chi connectivity index (χ4v) is 3.37. The van der Waals surface area contributed by atoms with Crippen molar-refractivity contribution in [2.24, 2.45) is 5.92 Å². The van der Waals surface area contributed by atoms with Crippen LogP contribution >= 0.6 is 0 Å². The molecular weight excluding hydrogens is 320 g/mol. The number of furan rings is 1. The second kappa shape index (κ2) is 7.39. The van der Waals surface area contributed by atoms with Crippen LogP contribution < -0.4 is 10.2 Å². The fourth-order valence-electron chi connectivity index (χ4n) is 3.37. The molecule has 1 saturated heterocycles. The standard InChI is InChI=1S/C18H26N4O3/c1-11-12(2)25-18-15(11)16(20-13(3)21-18)22-8-5-6-14(10-22)17(23)19-7-9-24-4/h14H,5-10H2,1-4H3,(H,19,23)/t14-/m1/s1. The molecule has 0 radical (unpaired) electrons. The fraction of sp³-hybridized carbons (Fsp3) is 0.611. The van der Waals surface area contributed by atoms with E-state index in [9.17, 15) is 4.79 Å². The van der Waals surface area contributed by atoms with E-state index in [2.05, 4.69) is 20.2 Å². The van der Waals surface area contributed by atoms with E-state index in [1.807, 2.05) is 20.8 Å². The molecule has 136 valence electrons. The Kier molecular flexibility index (Phi) is 5.22. The maximum atomic E-state index is 12.4. The first-order valence-electron chi connectivity index (χ1n) is 8.77. The number of methoxy groups -OCH3 is 1. The summed E-state index contributed by atoms with van der Waals surface area (Å²) in [4.78, 5) is 23.7. The number of anilines is 1. The van der Waals surface area contributed by atoms with E-state index in [1.165, 1.54) is 0 Å². The van der Waals surface area contributed by atoms with Crippen LogP contribution in [0.15, 0.2) is 4.42 Å². The zero-order chi connectivity index (χ0) is 18.0. The van der Waals surface area contributed by atoms with E-state index in [-0.39, 0.29) is 11.8 Å². The Morgan fingerprint density at radius 2 is 2.16 bits per heavy atom. The summed E-state index contributed by atoms with van der Waals surface area (Å²) in [6, 6.07) is 0. The van der Waals surface area contributed by atoms with E-state index < -0.39 is 0 Å². The summed E-state index contributed by atoms with van der Waals surface area (Å²) in [5.41, 5.74) is 1.70. The SMILES string of the molecule is COCCNC(=O)[C@@H]1CCCN(c2nc(C)nc3oc(C)c(C)c23)C1. The molecule has 3 rings (SSSR count). The second-order valence-corrected chi connectivity index (χ2v) is 6.63. The van der Waals surface area contributed by atoms with E-state index in [4.69, 9.17) is 9.15 Å². The molecule has 1 amide bonds. The molecule has 3 heterocycles. The molecule has 1 aliphatic heterocycles. The lowest BCUT2D eigenvalue weighted by Crippen LogP contribution is -2.44. The number of amides is 1. The maximum Gasteiger partial charge on any atom is 0.231 e. The van der Waals surface area contributed by atoms with Gasteiger partial charge in [-0.3, -0.25) is 4.79 Å². The molecule has 1 N–H and O–H groups in total. The lowest BCUT2D eigenvalue weighted by Gasteiger charge is -2.33. The van der Waals surface area contributed by atoms with Gasteiger partial charge in [0.05, 0.1) is 17.9 Å². The Labute approximate surface area is 147 Å². The molecule has 0 saturated carbocycles. The van der Waals surface area contributed by atoms with Gasteiger partial charge in [0.25, 0.3) is 0 Å². The number of carbonyl (C=O) groups excluding carboxylic acids is 1. The summed E-state index contributed by atoms with van der Waals surface area (Å²) in [6.07, 6.45) is 1.86. The first kappa shape index (κ1) is 17.7. The summed E-state index contributed by atoms with van der Waals surface area (Å²) >= 11 is 0. The minimum atomic E-state index is -0.0377. The molecule has 2 aromatic rings. The van der Waals surface area contributed by atoms with Crippen LogP contribution in [-0.2, 0) is 9.53 Å². The smallest absolute Gasteiger partial charge is 0.231 e. The van der Waals surface area contributed by atoms with Crippen molar-refractivity contribution in [2.75, 3.05) is 38.3 Å². The molecule has 0 spiro atoms. The summed E-state index contributed by atoms with van der Waals surface area (Å²) in [6.45, 7) is 8.46. The number of nitrogens with zero attached hydrogens (tertiary/aromatic N) is 3. The minimum Gasteiger partial charge on any atom is -0.443 e. The first-order valence-corrected chi connectivity index (χ1v) is 8.77. The van der Waals surface area contributed by atoms with E-state index in [0.29, 0.717) is 31.2 Å². The van der Waals surface area contributed by atoms with Crippen LogP contribution in [0.3, 0.4) is 0 Å². The molecular formula is C18H26N4O3. The van der Waals surface area contributed by atoms with Crippen molar-refractivity contribution in [3.8, 4) is 0 Å². The van der Waals surface area contributed by atoms with Crippen LogP contribution in [0.25, 0.3) is 11.1 Å². The zero-order valence-corrected chi connectivity index (χ0v) is 15.4. The quantitative estimate of drug-likeness (QED) is 0.836. The van der Waals surface area contributed by atoms with Gasteiger partial charge in [0, 0.05) is 32.3 Å². The number of fused-ring (bicyclic) bond motifs is 1. The molecule has 1 fully saturated rings. The predicted octanol–water partition coefficient (Wildman–Crippen LogP) is 2.13. The van der Waals surface area contributed by atoms with E-state index in [0.717, 1.165) is 41.9 Å². The highest BCUT2D eigenvalue weighted by Gasteiger charge is 2.28. The largest absolute Gasteiger partial charge is 0.443 e. The number of nitrogens with one attached hydrogen (secondary N) is 1. The molecule has 0 bridgehead atoms. The van der Waals surface area contributed by atoms with E-state index >= 15 is 0 Å². The Balaban J connectivity index is 1.84. The van der Waals surface area contributed by atoms with Crippen LogP contribution in [0.5, 0.6) is 0 Å². The number of hydrogen-bond donors (Lipinski definition) is 1. The topological polar surface area (TPSA) is 80.5 Å². The first-order chi connectivity index (χ1) is 12.0. The maximum absolute atomic E-state index is 12.4.